The zero-order valence-corrected chi connectivity index (χ0v) is 33.4. The third kappa shape index (κ3) is 9.59. The van der Waals surface area contributed by atoms with Crippen LogP contribution in [-0.4, -0.2) is 74.1 Å². The van der Waals surface area contributed by atoms with E-state index < -0.39 is 15.9 Å². The molecule has 0 saturated carbocycles. The van der Waals surface area contributed by atoms with E-state index in [-0.39, 0.29) is 33.9 Å². The van der Waals surface area contributed by atoms with Gasteiger partial charge in [0.15, 0.2) is 5.13 Å². The minimum absolute atomic E-state index is 0.0463. The summed E-state index contributed by atoms with van der Waals surface area (Å²) >= 11 is 1.18. The highest BCUT2D eigenvalue weighted by molar-refractivity contribution is 7.90. The molecule has 2 aromatic heterocycles. The van der Waals surface area contributed by atoms with Gasteiger partial charge in [-0.2, -0.15) is 0 Å². The third-order valence-electron chi connectivity index (χ3n) is 9.84. The number of carbonyl (C=O) groups is 2. The quantitative estimate of drug-likeness (QED) is 0.0810. The summed E-state index contributed by atoms with van der Waals surface area (Å²) in [5.74, 6) is -0.463. The minimum atomic E-state index is -4.39. The van der Waals surface area contributed by atoms with Gasteiger partial charge < -0.3 is 14.5 Å². The number of hydrogen-bond donors (Lipinski definition) is 4. The second-order valence-corrected chi connectivity index (χ2v) is 16.9. The van der Waals surface area contributed by atoms with Crippen molar-refractivity contribution in [3.05, 3.63) is 137 Å². The molecule has 0 fully saturated rings. The number of thiazole rings is 1. The van der Waals surface area contributed by atoms with Crippen LogP contribution in [0.4, 0.5) is 21.0 Å². The molecule has 4 N–H and O–H groups in total. The molecule has 58 heavy (non-hydrogen) atoms. The Labute approximate surface area is 339 Å². The maximum Gasteiger partial charge on any atom is 0.283 e. The van der Waals surface area contributed by atoms with Crippen molar-refractivity contribution in [2.45, 2.75) is 30.7 Å². The van der Waals surface area contributed by atoms with Crippen molar-refractivity contribution in [3.8, 4) is 5.75 Å². The molecule has 1 atom stereocenters. The average Bonchev–Trinajstić information content (AvgIpc) is 3.62. The Morgan fingerprint density at radius 2 is 1.78 bits per heavy atom. The average molecular weight is 824 g/mol. The smallest absolute Gasteiger partial charge is 0.283 e. The van der Waals surface area contributed by atoms with Gasteiger partial charge in [-0.1, -0.05) is 53.8 Å². The molecule has 0 aliphatic carbocycles. The Morgan fingerprint density at radius 3 is 2.57 bits per heavy atom. The Morgan fingerprint density at radius 1 is 0.966 bits per heavy atom. The lowest BCUT2D eigenvalue weighted by molar-refractivity contribution is 0.0975. The molecule has 6 aromatic rings. The van der Waals surface area contributed by atoms with Crippen LogP contribution in [0.15, 0.2) is 108 Å². The van der Waals surface area contributed by atoms with E-state index in [0.717, 1.165) is 29.8 Å². The second-order valence-electron chi connectivity index (χ2n) is 14.2. The number of carbonyl (C=O) groups excluding carboxylic acids is 2. The molecule has 0 bridgehead atoms. The highest BCUT2D eigenvalue weighted by Gasteiger charge is 2.26. The fourth-order valence-electron chi connectivity index (χ4n) is 6.80. The normalized spacial score (nSPS) is 13.2. The molecule has 7 rings (SSSR count). The number of sulfonamides is 1. The highest BCUT2D eigenvalue weighted by atomic mass is 32.2. The van der Waals surface area contributed by atoms with E-state index in [1.54, 1.807) is 30.3 Å². The van der Waals surface area contributed by atoms with Crippen molar-refractivity contribution in [3.63, 3.8) is 0 Å². The Kier molecular flexibility index (Phi) is 12.3. The Balaban J connectivity index is 1.03. The molecule has 4 aromatic carbocycles. The van der Waals surface area contributed by atoms with Crippen LogP contribution in [0.25, 0.3) is 10.2 Å². The van der Waals surface area contributed by atoms with Gasteiger partial charge in [0.1, 0.15) is 23.1 Å². The summed E-state index contributed by atoms with van der Waals surface area (Å²) in [6.07, 6.45) is 1.88. The summed E-state index contributed by atoms with van der Waals surface area (Å²) in [4.78, 5) is 39.6. The van der Waals surface area contributed by atoms with E-state index in [1.807, 2.05) is 61.5 Å². The van der Waals surface area contributed by atoms with Crippen LogP contribution >= 0.6 is 11.3 Å². The van der Waals surface area contributed by atoms with Crippen molar-refractivity contribution in [2.75, 3.05) is 49.5 Å². The third-order valence-corrected chi connectivity index (χ3v) is 12.1. The number of nitrogens with one attached hydrogen (secondary N) is 3. The number of para-hydroxylation sites is 1. The van der Waals surface area contributed by atoms with Crippen molar-refractivity contribution >= 4 is 60.0 Å². The largest absolute Gasteiger partial charge is 0.493 e. The highest BCUT2D eigenvalue weighted by Crippen LogP contribution is 2.30. The molecule has 0 saturated heterocycles. The van der Waals surface area contributed by atoms with Gasteiger partial charge >= 0.3 is 0 Å². The van der Waals surface area contributed by atoms with Crippen molar-refractivity contribution in [1.82, 2.24) is 19.6 Å². The maximum atomic E-state index is 13.7. The first-order valence-corrected chi connectivity index (χ1v) is 20.9. The van der Waals surface area contributed by atoms with Crippen molar-refractivity contribution in [1.29, 1.82) is 0 Å². The van der Waals surface area contributed by atoms with E-state index >= 15 is 0 Å². The number of nitrogens with zero attached hydrogens (tertiary/aromatic N) is 4. The van der Waals surface area contributed by atoms with Gasteiger partial charge in [-0.15, -0.1) is 0 Å². The molecule has 16 heteroatoms. The first kappa shape index (κ1) is 40.3. The van der Waals surface area contributed by atoms with Gasteiger partial charge in [0.25, 0.3) is 21.8 Å². The van der Waals surface area contributed by atoms with Gasteiger partial charge in [0.2, 0.25) is 0 Å². The molecule has 2 amide bonds. The number of halogens is 1. The van der Waals surface area contributed by atoms with Crippen LogP contribution in [0.1, 0.15) is 44.0 Å². The number of hydrogen-bond acceptors (Lipinski definition) is 12. The summed E-state index contributed by atoms with van der Waals surface area (Å²) in [5, 5.41) is 13.2. The van der Waals surface area contributed by atoms with E-state index in [2.05, 4.69) is 30.4 Å². The minimum Gasteiger partial charge on any atom is -0.493 e. The molecular weight excluding hydrogens is 782 g/mol. The molecule has 0 radical (unpaired) electrons. The van der Waals surface area contributed by atoms with E-state index in [1.165, 1.54) is 41.7 Å². The SMILES string of the molecule is CN(C)CC[C@H](COc1ccccc1)Cc1ccc(S(=O)(=O)NC(=O)c2cccc(N3CCc4cccc(C(=O)Nc5nc6ccc(F)cc6s5)c4C3)n2)cc1NO. The molecule has 13 nitrogen and oxygen atoms in total. The van der Waals surface area contributed by atoms with Gasteiger partial charge in [-0.3, -0.25) is 25.6 Å². The number of benzene rings is 4. The zero-order chi connectivity index (χ0) is 40.8. The number of rotatable bonds is 15. The second kappa shape index (κ2) is 17.7. The molecular formula is C42H42FN7O6S2. The predicted molar refractivity (Wildman–Crippen MR) is 222 cm³/mol. The Hall–Kier alpha value is -5.94. The van der Waals surface area contributed by atoms with Crippen molar-refractivity contribution in [2.24, 2.45) is 5.92 Å². The molecule has 1 aliphatic heterocycles. The first-order chi connectivity index (χ1) is 27.9. The van der Waals surface area contributed by atoms with Gasteiger partial charge in [-0.25, -0.2) is 27.5 Å². The monoisotopic (exact) mass is 823 g/mol. The summed E-state index contributed by atoms with van der Waals surface area (Å²) in [7, 11) is -0.415. The fraction of sp³-hybridized carbons (Fsp3) is 0.238. The van der Waals surface area contributed by atoms with Gasteiger partial charge in [0, 0.05) is 18.7 Å². The number of fused-ring (bicyclic) bond motifs is 2. The summed E-state index contributed by atoms with van der Waals surface area (Å²) in [6, 6.07) is 28.3. The number of anilines is 3. The zero-order valence-electron chi connectivity index (χ0n) is 31.8. The van der Waals surface area contributed by atoms with Crippen LogP contribution in [0, 0.1) is 11.7 Å². The van der Waals surface area contributed by atoms with Crippen LogP contribution in [0.5, 0.6) is 5.75 Å². The number of pyridine rings is 1. The van der Waals surface area contributed by atoms with Gasteiger partial charge in [0.05, 0.1) is 27.4 Å². The molecule has 0 unspecified atom stereocenters. The van der Waals surface area contributed by atoms with Crippen molar-refractivity contribution < 1.29 is 32.3 Å². The lowest BCUT2D eigenvalue weighted by Crippen LogP contribution is -2.34. The lowest BCUT2D eigenvalue weighted by atomic mass is 9.94. The number of aromatic nitrogens is 2. The van der Waals surface area contributed by atoms with Crippen LogP contribution in [-0.2, 0) is 29.4 Å². The van der Waals surface area contributed by atoms with Crippen LogP contribution in [0.2, 0.25) is 0 Å². The lowest BCUT2D eigenvalue weighted by Gasteiger charge is -2.31. The fourth-order valence-corrected chi connectivity index (χ4v) is 8.67. The van der Waals surface area contributed by atoms with E-state index in [9.17, 15) is 27.6 Å². The topological polar surface area (TPSA) is 166 Å². The van der Waals surface area contributed by atoms with Gasteiger partial charge in [-0.05, 0) is 123 Å². The number of ether oxygens (including phenoxy) is 1. The van der Waals surface area contributed by atoms with Crippen LogP contribution in [0.3, 0.4) is 0 Å². The first-order valence-electron chi connectivity index (χ1n) is 18.6. The van der Waals surface area contributed by atoms with Crippen LogP contribution < -0.4 is 25.2 Å². The summed E-state index contributed by atoms with van der Waals surface area (Å²) in [6.45, 7) is 2.06. The molecule has 0 spiro atoms. The summed E-state index contributed by atoms with van der Waals surface area (Å²) in [5.41, 5.74) is 5.68. The molecule has 1 aliphatic rings. The summed E-state index contributed by atoms with van der Waals surface area (Å²) < 4.78 is 49.5. The maximum absolute atomic E-state index is 13.7. The molecule has 300 valence electrons. The van der Waals surface area contributed by atoms with E-state index in [0.29, 0.717) is 64.8 Å². The molecule has 3 heterocycles. The standard InChI is InChI=1S/C42H42FN7O6S2/c1-49(2)20-18-27(26-56-31-9-4-3-5-10-31)22-29-14-16-32(24-37(29)47-53)58(54,55)48-41(52)36-12-7-13-39(44-36)50-21-19-28-8-6-11-33(34(28)25-50)40(51)46-42-45-35-17-15-30(43)23-38(35)57-42/h3-17,23-24,27,47,53H,18-22,25-26H2,1-2H3,(H,48,52)(H,45,46,51)/t27-/m0/s1. The Bertz CT molecular complexity index is 2550. The number of amides is 2. The predicted octanol–water partition coefficient (Wildman–Crippen LogP) is 6.75. The van der Waals surface area contributed by atoms with E-state index in [4.69, 9.17) is 4.74 Å².